The number of hydrogen-bond acceptors (Lipinski definition) is 4. The quantitative estimate of drug-likeness (QED) is 0.372. The summed E-state index contributed by atoms with van der Waals surface area (Å²) in [6.45, 7) is 8.58. The van der Waals surface area contributed by atoms with Gasteiger partial charge in [0.25, 0.3) is 0 Å². The maximum atomic E-state index is 9.41. The molecule has 0 saturated carbocycles. The van der Waals surface area contributed by atoms with Crippen LogP contribution in [0.4, 0.5) is 0 Å². The molecule has 0 aromatic heterocycles. The standard InChI is InChI=1S/C7H10BN2O3/c1-4-5(9-2)3-6(11)7(12-4)13-10-8/h4-7,11H,3H2,1H3. The summed E-state index contributed by atoms with van der Waals surface area (Å²) in [4.78, 5) is 7.91. The molecular formula is C7H10BN2O3. The fraction of sp³-hybridized carbons (Fsp3) is 0.857. The first kappa shape index (κ1) is 10.2. The molecule has 0 aromatic rings. The normalized spacial score (nSPS) is 39.1. The van der Waals surface area contributed by atoms with Crippen molar-refractivity contribution in [1.29, 1.82) is 0 Å². The Kier molecular flexibility index (Phi) is 3.40. The molecule has 1 aliphatic heterocycles. The van der Waals surface area contributed by atoms with Gasteiger partial charge in [-0.05, 0) is 0 Å². The van der Waals surface area contributed by atoms with Crippen molar-refractivity contribution in [3.05, 3.63) is 11.4 Å². The van der Waals surface area contributed by atoms with Gasteiger partial charge in [0.05, 0.1) is 0 Å². The molecule has 13 heavy (non-hydrogen) atoms. The van der Waals surface area contributed by atoms with E-state index in [9.17, 15) is 5.11 Å². The van der Waals surface area contributed by atoms with E-state index in [1.54, 1.807) is 6.92 Å². The molecule has 4 unspecified atom stereocenters. The molecule has 0 amide bonds. The summed E-state index contributed by atoms with van der Waals surface area (Å²) in [6, 6.07) is -0.326. The molecule has 0 aromatic carbocycles. The molecule has 1 aliphatic rings. The molecule has 1 N–H and O–H groups in total. The molecular weight excluding hydrogens is 171 g/mol. The van der Waals surface area contributed by atoms with Gasteiger partial charge in [0.15, 0.2) is 0 Å². The number of aliphatic hydroxyl groups is 1. The van der Waals surface area contributed by atoms with Gasteiger partial charge < -0.3 is 0 Å². The number of ether oxygens (including phenoxy) is 1. The van der Waals surface area contributed by atoms with Crippen LogP contribution in [0.3, 0.4) is 0 Å². The third-order valence-electron chi connectivity index (χ3n) is 2.02. The van der Waals surface area contributed by atoms with Crippen LogP contribution in [0.2, 0.25) is 0 Å². The van der Waals surface area contributed by atoms with Crippen LogP contribution in [0.25, 0.3) is 4.85 Å². The molecule has 6 heteroatoms. The maximum absolute atomic E-state index is 9.41. The Bertz CT molecular complexity index is 230. The van der Waals surface area contributed by atoms with E-state index in [1.165, 1.54) is 0 Å². The van der Waals surface area contributed by atoms with Crippen molar-refractivity contribution in [3.8, 4) is 0 Å². The van der Waals surface area contributed by atoms with E-state index in [0.29, 0.717) is 6.42 Å². The first-order valence-corrected chi connectivity index (χ1v) is 3.95. The van der Waals surface area contributed by atoms with Crippen molar-refractivity contribution in [3.63, 3.8) is 0 Å². The Morgan fingerprint density at radius 3 is 3.00 bits per heavy atom. The molecule has 69 valence electrons. The Morgan fingerprint density at radius 1 is 1.77 bits per heavy atom. The van der Waals surface area contributed by atoms with Gasteiger partial charge in [0.1, 0.15) is 0 Å². The third-order valence-corrected chi connectivity index (χ3v) is 2.02. The Morgan fingerprint density at radius 2 is 2.46 bits per heavy atom. The molecule has 4 atom stereocenters. The second-order valence-electron chi connectivity index (χ2n) is 2.92. The van der Waals surface area contributed by atoms with Crippen molar-refractivity contribution in [2.24, 2.45) is 5.06 Å². The average molecular weight is 181 g/mol. The topological polar surface area (TPSA) is 55.4 Å². The van der Waals surface area contributed by atoms with Gasteiger partial charge in [-0.15, -0.1) is 0 Å². The van der Waals surface area contributed by atoms with Gasteiger partial charge in [0, 0.05) is 0 Å². The summed E-state index contributed by atoms with van der Waals surface area (Å²) in [5.41, 5.74) is 0. The minimum atomic E-state index is -0.849. The van der Waals surface area contributed by atoms with Crippen LogP contribution >= 0.6 is 0 Å². The summed E-state index contributed by atoms with van der Waals surface area (Å²) >= 11 is 0. The third kappa shape index (κ3) is 2.26. The summed E-state index contributed by atoms with van der Waals surface area (Å²) in [5.74, 6) is 0. The molecule has 5 nitrogen and oxygen atoms in total. The Hall–Kier alpha value is -0.925. The number of hydrogen-bond donors (Lipinski definition) is 1. The van der Waals surface area contributed by atoms with Gasteiger partial charge in [-0.2, -0.15) is 0 Å². The van der Waals surface area contributed by atoms with Gasteiger partial charge in [-0.25, -0.2) is 0 Å². The van der Waals surface area contributed by atoms with Crippen LogP contribution in [0, 0.1) is 6.57 Å². The molecule has 1 rings (SSSR count). The van der Waals surface area contributed by atoms with E-state index < -0.39 is 12.4 Å². The van der Waals surface area contributed by atoms with E-state index in [-0.39, 0.29) is 12.1 Å². The number of nitrogens with zero attached hydrogens (tertiary/aromatic N) is 2. The molecule has 0 spiro atoms. The predicted molar refractivity (Wildman–Crippen MR) is 44.6 cm³/mol. The first-order valence-electron chi connectivity index (χ1n) is 3.95. The van der Waals surface area contributed by atoms with Gasteiger partial charge in [-0.3, -0.25) is 0 Å². The number of aliphatic hydroxyl groups excluding tert-OH is 1. The van der Waals surface area contributed by atoms with Crippen LogP contribution in [0.1, 0.15) is 13.3 Å². The summed E-state index contributed by atoms with van der Waals surface area (Å²) in [7, 11) is 4.79. The van der Waals surface area contributed by atoms with Crippen LogP contribution in [0.5, 0.6) is 0 Å². The SMILES string of the molecule is [B]=NOC1OC(C)C([N+]#[C-])CC1O. The zero-order valence-electron chi connectivity index (χ0n) is 7.25. The summed E-state index contributed by atoms with van der Waals surface area (Å²) in [6.07, 6.45) is -1.64. The second kappa shape index (κ2) is 4.35. The monoisotopic (exact) mass is 181 g/mol. The molecule has 0 aliphatic carbocycles. The van der Waals surface area contributed by atoms with Crippen LogP contribution in [-0.2, 0) is 9.57 Å². The first-order chi connectivity index (χ1) is 6.19. The Balaban J connectivity index is 2.57. The predicted octanol–water partition coefficient (Wildman–Crippen LogP) is 0.0538. The van der Waals surface area contributed by atoms with E-state index >= 15 is 0 Å². The zero-order valence-corrected chi connectivity index (χ0v) is 7.25. The summed E-state index contributed by atoms with van der Waals surface area (Å²) < 4.78 is 5.18. The van der Waals surface area contributed by atoms with Crippen molar-refractivity contribution in [2.75, 3.05) is 0 Å². The van der Waals surface area contributed by atoms with Gasteiger partial charge >= 0.3 is 76.7 Å². The summed E-state index contributed by atoms with van der Waals surface area (Å²) in [5, 5.41) is 12.3. The second-order valence-corrected chi connectivity index (χ2v) is 2.92. The fourth-order valence-corrected chi connectivity index (χ4v) is 1.26. The van der Waals surface area contributed by atoms with Crippen LogP contribution in [-0.4, -0.2) is 37.3 Å². The van der Waals surface area contributed by atoms with Gasteiger partial charge in [0.2, 0.25) is 0 Å². The Labute approximate surface area is 77.6 Å². The fourth-order valence-electron chi connectivity index (χ4n) is 1.26. The zero-order chi connectivity index (χ0) is 9.84. The molecule has 1 saturated heterocycles. The van der Waals surface area contributed by atoms with E-state index in [2.05, 4.69) is 14.7 Å². The van der Waals surface area contributed by atoms with Gasteiger partial charge in [-0.1, -0.05) is 0 Å². The van der Waals surface area contributed by atoms with Crippen molar-refractivity contribution < 1.29 is 14.7 Å². The number of rotatable bonds is 2. The van der Waals surface area contributed by atoms with Crippen molar-refractivity contribution in [2.45, 2.75) is 37.9 Å². The van der Waals surface area contributed by atoms with Crippen molar-refractivity contribution >= 4 is 7.64 Å². The van der Waals surface area contributed by atoms with Crippen LogP contribution in [0.15, 0.2) is 5.06 Å². The van der Waals surface area contributed by atoms with Crippen molar-refractivity contribution in [1.82, 2.24) is 0 Å². The van der Waals surface area contributed by atoms with Crippen LogP contribution < -0.4 is 0 Å². The minimum absolute atomic E-state index is 0.271. The molecule has 1 heterocycles. The van der Waals surface area contributed by atoms with E-state index in [1.807, 2.05) is 0 Å². The molecule has 0 bridgehead atoms. The van der Waals surface area contributed by atoms with E-state index in [4.69, 9.17) is 18.9 Å². The average Bonchev–Trinajstić information content (AvgIpc) is 2.11. The molecule has 1 fully saturated rings. The molecule has 1 radical (unpaired) electrons. The van der Waals surface area contributed by atoms with E-state index in [0.717, 1.165) is 0 Å².